The summed E-state index contributed by atoms with van der Waals surface area (Å²) in [7, 11) is 0. The SMILES string of the molecule is CC#CCCNc1nc(Cl)nc(C)c1[N+](=O)[O-]. The van der Waals surface area contributed by atoms with Crippen molar-refractivity contribution < 1.29 is 4.92 Å². The van der Waals surface area contributed by atoms with Gasteiger partial charge in [-0.25, -0.2) is 4.98 Å². The highest BCUT2D eigenvalue weighted by molar-refractivity contribution is 6.28. The summed E-state index contributed by atoms with van der Waals surface area (Å²) in [6, 6.07) is 0. The van der Waals surface area contributed by atoms with E-state index in [9.17, 15) is 10.1 Å². The lowest BCUT2D eigenvalue weighted by Gasteiger charge is -2.05. The molecule has 0 atom stereocenters. The highest BCUT2D eigenvalue weighted by Crippen LogP contribution is 2.26. The van der Waals surface area contributed by atoms with Gasteiger partial charge in [0.1, 0.15) is 5.69 Å². The predicted octanol–water partition coefficient (Wildman–Crippen LogP) is 2.17. The van der Waals surface area contributed by atoms with E-state index in [2.05, 4.69) is 27.1 Å². The van der Waals surface area contributed by atoms with Crippen LogP contribution in [0.3, 0.4) is 0 Å². The lowest BCUT2D eigenvalue weighted by atomic mass is 10.3. The summed E-state index contributed by atoms with van der Waals surface area (Å²) in [5.74, 6) is 5.70. The predicted molar refractivity (Wildman–Crippen MR) is 65.0 cm³/mol. The van der Waals surface area contributed by atoms with Gasteiger partial charge < -0.3 is 5.32 Å². The molecule has 1 aromatic heterocycles. The molecule has 0 amide bonds. The second-order valence-corrected chi connectivity index (χ2v) is 3.47. The third-order valence-electron chi connectivity index (χ3n) is 1.93. The topological polar surface area (TPSA) is 81.0 Å². The molecule has 0 aliphatic rings. The van der Waals surface area contributed by atoms with Crippen LogP contribution in [-0.2, 0) is 0 Å². The van der Waals surface area contributed by atoms with Gasteiger partial charge >= 0.3 is 5.69 Å². The first-order valence-corrected chi connectivity index (χ1v) is 5.26. The van der Waals surface area contributed by atoms with Crippen molar-refractivity contribution in [3.05, 3.63) is 21.1 Å². The van der Waals surface area contributed by atoms with Gasteiger partial charge in [0.15, 0.2) is 0 Å². The minimum atomic E-state index is -0.528. The van der Waals surface area contributed by atoms with E-state index in [1.807, 2.05) is 0 Å². The number of halogens is 1. The molecule has 1 rings (SSSR count). The van der Waals surface area contributed by atoms with Crippen LogP contribution in [0.4, 0.5) is 11.5 Å². The number of aryl methyl sites for hydroxylation is 1. The maximum absolute atomic E-state index is 10.9. The molecule has 90 valence electrons. The van der Waals surface area contributed by atoms with Crippen LogP contribution < -0.4 is 5.32 Å². The number of hydrogen-bond acceptors (Lipinski definition) is 5. The summed E-state index contributed by atoms with van der Waals surface area (Å²) >= 11 is 5.65. The Balaban J connectivity index is 2.94. The molecule has 6 nitrogen and oxygen atoms in total. The minimum absolute atomic E-state index is 0.0165. The molecule has 1 aromatic rings. The second kappa shape index (κ2) is 6.01. The summed E-state index contributed by atoms with van der Waals surface area (Å²) in [5.41, 5.74) is 0.0814. The quantitative estimate of drug-likeness (QED) is 0.293. The van der Waals surface area contributed by atoms with Crippen LogP contribution in [0.2, 0.25) is 5.28 Å². The monoisotopic (exact) mass is 254 g/mol. The third-order valence-corrected chi connectivity index (χ3v) is 2.10. The van der Waals surface area contributed by atoms with E-state index in [-0.39, 0.29) is 22.5 Å². The molecule has 0 aliphatic carbocycles. The van der Waals surface area contributed by atoms with Crippen LogP contribution in [0.5, 0.6) is 0 Å². The molecule has 0 bridgehead atoms. The molecular weight excluding hydrogens is 244 g/mol. The summed E-state index contributed by atoms with van der Waals surface area (Å²) in [5, 5.41) is 13.7. The lowest BCUT2D eigenvalue weighted by molar-refractivity contribution is -0.385. The molecule has 1 heterocycles. The molecule has 0 aromatic carbocycles. The van der Waals surface area contributed by atoms with Crippen LogP contribution in [0, 0.1) is 28.9 Å². The van der Waals surface area contributed by atoms with E-state index >= 15 is 0 Å². The maximum atomic E-state index is 10.9. The zero-order valence-corrected chi connectivity index (χ0v) is 10.2. The van der Waals surface area contributed by atoms with Crippen molar-refractivity contribution in [2.24, 2.45) is 0 Å². The first-order valence-electron chi connectivity index (χ1n) is 4.88. The largest absolute Gasteiger partial charge is 0.363 e. The Hall–Kier alpha value is -1.87. The van der Waals surface area contributed by atoms with Crippen molar-refractivity contribution in [2.45, 2.75) is 20.3 Å². The number of nitrogens with zero attached hydrogens (tertiary/aromatic N) is 3. The zero-order valence-electron chi connectivity index (χ0n) is 9.45. The molecule has 1 N–H and O–H groups in total. The minimum Gasteiger partial charge on any atom is -0.363 e. The van der Waals surface area contributed by atoms with Gasteiger partial charge in [-0.15, -0.1) is 11.8 Å². The number of nitro groups is 1. The van der Waals surface area contributed by atoms with Gasteiger partial charge in [-0.2, -0.15) is 4.98 Å². The maximum Gasteiger partial charge on any atom is 0.332 e. The van der Waals surface area contributed by atoms with E-state index in [0.29, 0.717) is 13.0 Å². The Kier molecular flexibility index (Phi) is 4.67. The molecule has 0 aliphatic heterocycles. The Bertz CT molecular complexity index is 493. The van der Waals surface area contributed by atoms with Gasteiger partial charge in [-0.05, 0) is 25.4 Å². The molecule has 7 heteroatoms. The van der Waals surface area contributed by atoms with Gasteiger partial charge in [0, 0.05) is 13.0 Å². The number of anilines is 1. The number of hydrogen-bond donors (Lipinski definition) is 1. The highest BCUT2D eigenvalue weighted by Gasteiger charge is 2.21. The molecule has 0 saturated carbocycles. The molecule has 0 radical (unpaired) electrons. The molecule has 0 fully saturated rings. The zero-order chi connectivity index (χ0) is 12.8. The van der Waals surface area contributed by atoms with Crippen molar-refractivity contribution in [3.63, 3.8) is 0 Å². The number of aromatic nitrogens is 2. The van der Waals surface area contributed by atoms with Gasteiger partial charge in [0.2, 0.25) is 11.1 Å². The van der Waals surface area contributed by atoms with Crippen LogP contribution in [0.15, 0.2) is 0 Å². The van der Waals surface area contributed by atoms with Crippen LogP contribution in [0.1, 0.15) is 19.0 Å². The van der Waals surface area contributed by atoms with E-state index in [1.54, 1.807) is 6.92 Å². The van der Waals surface area contributed by atoms with Crippen molar-refractivity contribution in [2.75, 3.05) is 11.9 Å². The Morgan fingerprint density at radius 2 is 2.24 bits per heavy atom. The summed E-state index contributed by atoms with van der Waals surface area (Å²) in [6.07, 6.45) is 0.578. The smallest absolute Gasteiger partial charge is 0.332 e. The van der Waals surface area contributed by atoms with Crippen molar-refractivity contribution in [3.8, 4) is 11.8 Å². The Morgan fingerprint density at radius 3 is 2.82 bits per heavy atom. The molecule has 0 saturated heterocycles. The summed E-state index contributed by atoms with van der Waals surface area (Å²) in [6.45, 7) is 3.71. The van der Waals surface area contributed by atoms with Crippen molar-refractivity contribution in [1.29, 1.82) is 0 Å². The van der Waals surface area contributed by atoms with E-state index < -0.39 is 4.92 Å². The number of rotatable bonds is 4. The van der Waals surface area contributed by atoms with E-state index in [1.165, 1.54) is 6.92 Å². The van der Waals surface area contributed by atoms with E-state index in [0.717, 1.165) is 0 Å². The fourth-order valence-corrected chi connectivity index (χ4v) is 1.45. The molecule has 0 unspecified atom stereocenters. The summed E-state index contributed by atoms with van der Waals surface area (Å²) in [4.78, 5) is 17.9. The first kappa shape index (κ1) is 13.2. The molecular formula is C10H11ClN4O2. The second-order valence-electron chi connectivity index (χ2n) is 3.14. The fraction of sp³-hybridized carbons (Fsp3) is 0.400. The van der Waals surface area contributed by atoms with Crippen LogP contribution in [0.25, 0.3) is 0 Å². The van der Waals surface area contributed by atoms with Gasteiger partial charge in [-0.1, -0.05) is 0 Å². The normalized spacial score (nSPS) is 9.35. The number of nitrogens with one attached hydrogen (secondary N) is 1. The van der Waals surface area contributed by atoms with Crippen molar-refractivity contribution in [1.82, 2.24) is 9.97 Å². The fourth-order valence-electron chi connectivity index (χ4n) is 1.24. The van der Waals surface area contributed by atoms with Gasteiger partial charge in [0.05, 0.1) is 4.92 Å². The Morgan fingerprint density at radius 1 is 1.53 bits per heavy atom. The van der Waals surface area contributed by atoms with Crippen LogP contribution >= 0.6 is 11.6 Å². The van der Waals surface area contributed by atoms with Gasteiger partial charge in [-0.3, -0.25) is 10.1 Å². The molecule has 0 spiro atoms. The van der Waals surface area contributed by atoms with Gasteiger partial charge in [0.25, 0.3) is 0 Å². The summed E-state index contributed by atoms with van der Waals surface area (Å²) < 4.78 is 0. The lowest BCUT2D eigenvalue weighted by Crippen LogP contribution is -2.08. The Labute approximate surface area is 104 Å². The average molecular weight is 255 g/mol. The molecule has 17 heavy (non-hydrogen) atoms. The highest BCUT2D eigenvalue weighted by atomic mass is 35.5. The first-order chi connectivity index (χ1) is 8.06. The standard InChI is InChI=1S/C10H11ClN4O2/c1-3-4-5-6-12-9-8(15(16)17)7(2)13-10(11)14-9/h5-6H2,1-2H3,(H,12,13,14). The third kappa shape index (κ3) is 3.57. The van der Waals surface area contributed by atoms with Crippen LogP contribution in [-0.4, -0.2) is 21.4 Å². The average Bonchev–Trinajstić information content (AvgIpc) is 2.22. The van der Waals surface area contributed by atoms with E-state index in [4.69, 9.17) is 11.6 Å². The van der Waals surface area contributed by atoms with Crippen molar-refractivity contribution >= 4 is 23.1 Å².